The fourth-order valence-electron chi connectivity index (χ4n) is 3.18. The van der Waals surface area contributed by atoms with Crippen LogP contribution in [0.25, 0.3) is 0 Å². The number of ether oxygens (including phenoxy) is 2. The Kier molecular flexibility index (Phi) is 5.48. The molecule has 1 aromatic carbocycles. The monoisotopic (exact) mass is 319 g/mol. The van der Waals surface area contributed by atoms with Crippen LogP contribution in [0.5, 0.6) is 5.75 Å². The van der Waals surface area contributed by atoms with Crippen LogP contribution < -0.4 is 10.1 Å². The van der Waals surface area contributed by atoms with Gasteiger partial charge in [-0.05, 0) is 17.7 Å². The first-order valence-corrected chi connectivity index (χ1v) is 8.22. The Morgan fingerprint density at radius 2 is 2.00 bits per heavy atom. The molecule has 6 heteroatoms. The molecule has 2 heterocycles. The summed E-state index contributed by atoms with van der Waals surface area (Å²) in [6.07, 6.45) is 0. The molecule has 1 amide bonds. The molecule has 0 spiro atoms. The number of carbonyl (C=O) groups is 1. The van der Waals surface area contributed by atoms with Crippen LogP contribution in [0.3, 0.4) is 0 Å². The third-order valence-electron chi connectivity index (χ3n) is 4.56. The molecule has 0 aromatic heterocycles. The average molecular weight is 319 g/mol. The summed E-state index contributed by atoms with van der Waals surface area (Å²) < 4.78 is 10.5. The van der Waals surface area contributed by atoms with Gasteiger partial charge < -0.3 is 19.7 Å². The molecule has 2 fully saturated rings. The van der Waals surface area contributed by atoms with Crippen molar-refractivity contribution in [2.24, 2.45) is 0 Å². The summed E-state index contributed by atoms with van der Waals surface area (Å²) in [6.45, 7) is 5.84. The topological polar surface area (TPSA) is 54.0 Å². The molecule has 1 aromatic rings. The number of carbonyl (C=O) groups excluding carboxylic acids is 1. The second kappa shape index (κ2) is 7.77. The van der Waals surface area contributed by atoms with Crippen molar-refractivity contribution < 1.29 is 14.3 Å². The Hall–Kier alpha value is -1.63. The van der Waals surface area contributed by atoms with Crippen LogP contribution in [0, 0.1) is 0 Å². The molecular formula is C17H25N3O3. The third kappa shape index (κ3) is 4.02. The lowest BCUT2D eigenvalue weighted by molar-refractivity contribution is -0.137. The fourth-order valence-corrected chi connectivity index (χ4v) is 3.18. The number of nitrogens with zero attached hydrogens (tertiary/aromatic N) is 2. The van der Waals surface area contributed by atoms with Crippen LogP contribution >= 0.6 is 0 Å². The van der Waals surface area contributed by atoms with E-state index in [1.165, 1.54) is 5.56 Å². The van der Waals surface area contributed by atoms with Crippen molar-refractivity contribution in [1.29, 1.82) is 0 Å². The molecule has 2 aliphatic heterocycles. The van der Waals surface area contributed by atoms with Crippen molar-refractivity contribution in [1.82, 2.24) is 15.1 Å². The molecular weight excluding hydrogens is 294 g/mol. The van der Waals surface area contributed by atoms with E-state index in [4.69, 9.17) is 9.47 Å². The number of morpholine rings is 1. The van der Waals surface area contributed by atoms with Crippen LogP contribution in [0.4, 0.5) is 0 Å². The lowest BCUT2D eigenvalue weighted by atomic mass is 10.0. The fraction of sp³-hybridized carbons (Fsp3) is 0.588. The molecule has 6 nitrogen and oxygen atoms in total. The van der Waals surface area contributed by atoms with Gasteiger partial charge in [0.2, 0.25) is 5.91 Å². The van der Waals surface area contributed by atoms with Gasteiger partial charge in [0, 0.05) is 38.8 Å². The van der Waals surface area contributed by atoms with Gasteiger partial charge >= 0.3 is 0 Å². The van der Waals surface area contributed by atoms with Gasteiger partial charge in [0.05, 0.1) is 26.9 Å². The van der Waals surface area contributed by atoms with Gasteiger partial charge in [-0.2, -0.15) is 0 Å². The smallest absolute Gasteiger partial charge is 0.236 e. The molecule has 0 saturated carbocycles. The zero-order valence-corrected chi connectivity index (χ0v) is 13.7. The van der Waals surface area contributed by atoms with Gasteiger partial charge in [-0.3, -0.25) is 9.69 Å². The van der Waals surface area contributed by atoms with E-state index in [-0.39, 0.29) is 11.9 Å². The summed E-state index contributed by atoms with van der Waals surface area (Å²) in [4.78, 5) is 16.7. The summed E-state index contributed by atoms with van der Waals surface area (Å²) in [7, 11) is 1.67. The maximum atomic E-state index is 12.5. The van der Waals surface area contributed by atoms with Gasteiger partial charge in [0.25, 0.3) is 0 Å². The zero-order chi connectivity index (χ0) is 16.1. The van der Waals surface area contributed by atoms with Crippen LogP contribution in [0.1, 0.15) is 11.6 Å². The van der Waals surface area contributed by atoms with Crippen LogP contribution in [-0.2, 0) is 9.53 Å². The number of benzene rings is 1. The number of piperazine rings is 1. The first-order valence-electron chi connectivity index (χ1n) is 8.22. The Labute approximate surface area is 137 Å². The van der Waals surface area contributed by atoms with Gasteiger partial charge in [-0.1, -0.05) is 12.1 Å². The van der Waals surface area contributed by atoms with E-state index in [1.807, 2.05) is 17.0 Å². The summed E-state index contributed by atoms with van der Waals surface area (Å²) in [5.41, 5.74) is 1.22. The van der Waals surface area contributed by atoms with E-state index in [0.29, 0.717) is 32.8 Å². The summed E-state index contributed by atoms with van der Waals surface area (Å²) in [6, 6.07) is 8.35. The van der Waals surface area contributed by atoms with Crippen LogP contribution in [0.15, 0.2) is 24.3 Å². The first-order chi connectivity index (χ1) is 11.3. The minimum Gasteiger partial charge on any atom is -0.497 e. The van der Waals surface area contributed by atoms with Crippen molar-refractivity contribution in [2.75, 3.05) is 59.6 Å². The standard InChI is InChI=1S/C17H25N3O3/c1-22-15-4-2-14(3-5-15)16-12-18-6-7-20(16)13-17(21)19-8-10-23-11-9-19/h2-5,16,18H,6-13H2,1H3/t16-/m1/s1. The lowest BCUT2D eigenvalue weighted by Gasteiger charge is -2.37. The molecule has 2 aliphatic rings. The zero-order valence-electron chi connectivity index (χ0n) is 13.7. The Bertz CT molecular complexity index is 514. The number of methoxy groups -OCH3 is 1. The molecule has 1 N–H and O–H groups in total. The number of hydrogen-bond donors (Lipinski definition) is 1. The van der Waals surface area contributed by atoms with Crippen molar-refractivity contribution >= 4 is 5.91 Å². The lowest BCUT2D eigenvalue weighted by Crippen LogP contribution is -2.51. The number of rotatable bonds is 4. The third-order valence-corrected chi connectivity index (χ3v) is 4.56. The molecule has 3 rings (SSSR count). The first kappa shape index (κ1) is 16.2. The summed E-state index contributed by atoms with van der Waals surface area (Å²) in [5.74, 6) is 1.06. The maximum absolute atomic E-state index is 12.5. The quantitative estimate of drug-likeness (QED) is 0.876. The highest BCUT2D eigenvalue weighted by molar-refractivity contribution is 5.78. The van der Waals surface area contributed by atoms with Crippen molar-refractivity contribution in [2.45, 2.75) is 6.04 Å². The summed E-state index contributed by atoms with van der Waals surface area (Å²) in [5, 5.41) is 3.43. The van der Waals surface area contributed by atoms with E-state index < -0.39 is 0 Å². The molecule has 0 unspecified atom stereocenters. The van der Waals surface area contributed by atoms with Gasteiger partial charge in [-0.25, -0.2) is 0 Å². The highest BCUT2D eigenvalue weighted by Gasteiger charge is 2.27. The number of nitrogens with one attached hydrogen (secondary N) is 1. The molecule has 126 valence electrons. The highest BCUT2D eigenvalue weighted by Crippen LogP contribution is 2.24. The second-order valence-corrected chi connectivity index (χ2v) is 5.96. The van der Waals surface area contributed by atoms with E-state index in [1.54, 1.807) is 7.11 Å². The van der Waals surface area contributed by atoms with Crippen LogP contribution in [-0.4, -0.2) is 75.3 Å². The predicted molar refractivity (Wildman–Crippen MR) is 87.6 cm³/mol. The number of hydrogen-bond acceptors (Lipinski definition) is 5. The second-order valence-electron chi connectivity index (χ2n) is 5.96. The summed E-state index contributed by atoms with van der Waals surface area (Å²) >= 11 is 0. The van der Waals surface area contributed by atoms with Crippen molar-refractivity contribution in [3.05, 3.63) is 29.8 Å². The van der Waals surface area contributed by atoms with E-state index in [9.17, 15) is 4.79 Å². The normalized spacial score (nSPS) is 22.8. The minimum absolute atomic E-state index is 0.203. The molecule has 23 heavy (non-hydrogen) atoms. The average Bonchev–Trinajstić information content (AvgIpc) is 2.63. The van der Waals surface area contributed by atoms with Gasteiger partial charge in [0.15, 0.2) is 0 Å². The molecule has 0 radical (unpaired) electrons. The number of amides is 1. The minimum atomic E-state index is 0.203. The molecule has 2 saturated heterocycles. The SMILES string of the molecule is COc1ccc([C@H]2CNCCN2CC(=O)N2CCOCC2)cc1. The van der Waals surface area contributed by atoms with Crippen molar-refractivity contribution in [3.63, 3.8) is 0 Å². The molecule has 1 atom stereocenters. The van der Waals surface area contributed by atoms with Crippen LogP contribution in [0.2, 0.25) is 0 Å². The Morgan fingerprint density at radius 1 is 1.26 bits per heavy atom. The maximum Gasteiger partial charge on any atom is 0.236 e. The van der Waals surface area contributed by atoms with Gasteiger partial charge in [0.1, 0.15) is 5.75 Å². The van der Waals surface area contributed by atoms with E-state index in [0.717, 1.165) is 25.4 Å². The van der Waals surface area contributed by atoms with E-state index in [2.05, 4.69) is 22.3 Å². The van der Waals surface area contributed by atoms with Crippen molar-refractivity contribution in [3.8, 4) is 5.75 Å². The molecule has 0 aliphatic carbocycles. The highest BCUT2D eigenvalue weighted by atomic mass is 16.5. The largest absolute Gasteiger partial charge is 0.497 e. The Balaban J connectivity index is 1.66. The molecule has 0 bridgehead atoms. The predicted octanol–water partition coefficient (Wildman–Crippen LogP) is 0.500. The van der Waals surface area contributed by atoms with Gasteiger partial charge in [-0.15, -0.1) is 0 Å². The Morgan fingerprint density at radius 3 is 2.70 bits per heavy atom. The van der Waals surface area contributed by atoms with E-state index >= 15 is 0 Å².